The van der Waals surface area contributed by atoms with Crippen LogP contribution in [-0.2, 0) is 6.54 Å². The monoisotopic (exact) mass is 297 g/mol. The van der Waals surface area contributed by atoms with E-state index in [0.29, 0.717) is 0 Å². The van der Waals surface area contributed by atoms with Crippen LogP contribution in [-0.4, -0.2) is 11.8 Å². The van der Waals surface area contributed by atoms with Gasteiger partial charge in [-0.15, -0.1) is 11.8 Å². The fourth-order valence-electron chi connectivity index (χ4n) is 1.46. The zero-order valence-corrected chi connectivity index (χ0v) is 11.6. The third-order valence-corrected chi connectivity index (χ3v) is 4.20. The Kier molecular flexibility index (Phi) is 4.50. The molecule has 0 atom stereocenters. The van der Waals surface area contributed by atoms with Gasteiger partial charge in [0.1, 0.15) is 0 Å². The zero-order valence-electron chi connectivity index (χ0n) is 9.21. The number of benzene rings is 1. The van der Waals surface area contributed by atoms with Gasteiger partial charge in [-0.1, -0.05) is 34.6 Å². The van der Waals surface area contributed by atoms with E-state index in [1.807, 2.05) is 11.8 Å². The van der Waals surface area contributed by atoms with Crippen LogP contribution in [0, 0.1) is 0 Å². The molecule has 1 aliphatic carbocycles. The highest BCUT2D eigenvalue weighted by molar-refractivity contribution is 9.11. The maximum absolute atomic E-state index is 3.84. The van der Waals surface area contributed by atoms with Crippen molar-refractivity contribution >= 4 is 27.7 Å². The van der Waals surface area contributed by atoms with Crippen molar-refractivity contribution in [1.82, 2.24) is 5.32 Å². The van der Waals surface area contributed by atoms with E-state index in [9.17, 15) is 0 Å². The lowest BCUT2D eigenvalue weighted by atomic mass is 10.2. The molecule has 0 aliphatic heterocycles. The minimum atomic E-state index is 0.777. The lowest BCUT2D eigenvalue weighted by molar-refractivity contribution is 0.687. The first-order valence-corrected chi connectivity index (χ1v) is 7.30. The summed E-state index contributed by atoms with van der Waals surface area (Å²) in [5.74, 6) is 0.930. The smallest absolute Gasteiger partial charge is 0.0292 e. The summed E-state index contributed by atoms with van der Waals surface area (Å²) in [6, 6.07) is 9.50. The van der Waals surface area contributed by atoms with Crippen LogP contribution in [0.1, 0.15) is 18.4 Å². The van der Waals surface area contributed by atoms with Crippen LogP contribution in [0.2, 0.25) is 0 Å². The highest BCUT2D eigenvalue weighted by atomic mass is 79.9. The molecule has 0 unspecified atom stereocenters. The van der Waals surface area contributed by atoms with Gasteiger partial charge in [-0.25, -0.2) is 0 Å². The molecule has 1 aromatic carbocycles. The van der Waals surface area contributed by atoms with Crippen molar-refractivity contribution in [3.05, 3.63) is 40.9 Å². The Morgan fingerprint density at radius 3 is 3.00 bits per heavy atom. The molecular formula is C13H16BrNS. The second-order valence-electron chi connectivity index (χ2n) is 4.11. The summed E-state index contributed by atoms with van der Waals surface area (Å²) in [5, 5.41) is 3.53. The Morgan fingerprint density at radius 1 is 1.50 bits per heavy atom. The van der Waals surface area contributed by atoms with E-state index in [1.165, 1.54) is 23.3 Å². The molecule has 1 aromatic rings. The lowest BCUT2D eigenvalue weighted by Crippen LogP contribution is -2.15. The van der Waals surface area contributed by atoms with Gasteiger partial charge in [0.25, 0.3) is 0 Å². The van der Waals surface area contributed by atoms with Gasteiger partial charge in [-0.05, 0) is 35.0 Å². The third kappa shape index (κ3) is 4.32. The summed E-state index contributed by atoms with van der Waals surface area (Å²) in [7, 11) is 0. The highest BCUT2D eigenvalue weighted by Gasteiger charge is 2.19. The van der Waals surface area contributed by atoms with Gasteiger partial charge in [0.05, 0.1) is 0 Å². The van der Waals surface area contributed by atoms with Crippen molar-refractivity contribution in [2.45, 2.75) is 30.3 Å². The van der Waals surface area contributed by atoms with Crippen LogP contribution >= 0.6 is 27.7 Å². The molecule has 86 valence electrons. The van der Waals surface area contributed by atoms with Crippen LogP contribution in [0.5, 0.6) is 0 Å². The van der Waals surface area contributed by atoms with Crippen LogP contribution in [0.15, 0.2) is 40.2 Å². The molecule has 1 N–H and O–H groups in total. The summed E-state index contributed by atoms with van der Waals surface area (Å²) in [5.41, 5.74) is 1.37. The SMILES string of the molecule is C=C(Br)CSc1cccc(CNC2CC2)c1. The molecule has 1 aliphatic rings. The third-order valence-electron chi connectivity index (χ3n) is 2.47. The molecule has 0 aromatic heterocycles. The molecule has 16 heavy (non-hydrogen) atoms. The van der Waals surface area contributed by atoms with Crippen molar-refractivity contribution in [1.29, 1.82) is 0 Å². The molecule has 2 rings (SSSR count). The molecule has 1 saturated carbocycles. The van der Waals surface area contributed by atoms with Crippen molar-refractivity contribution in [3.63, 3.8) is 0 Å². The maximum atomic E-state index is 3.84. The molecule has 3 heteroatoms. The van der Waals surface area contributed by atoms with Crippen molar-refractivity contribution in [2.75, 3.05) is 5.75 Å². The first kappa shape index (κ1) is 12.2. The molecule has 1 nitrogen and oxygen atoms in total. The van der Waals surface area contributed by atoms with Crippen molar-refractivity contribution in [3.8, 4) is 0 Å². The largest absolute Gasteiger partial charge is 0.310 e. The molecular weight excluding hydrogens is 282 g/mol. The predicted octanol–water partition coefficient (Wildman–Crippen LogP) is 3.94. The molecule has 0 saturated heterocycles. The van der Waals surface area contributed by atoms with Gasteiger partial charge in [0.15, 0.2) is 0 Å². The Bertz CT molecular complexity index is 374. The maximum Gasteiger partial charge on any atom is 0.0292 e. The van der Waals surface area contributed by atoms with E-state index in [1.54, 1.807) is 0 Å². The van der Waals surface area contributed by atoms with Crippen LogP contribution in [0.25, 0.3) is 0 Å². The fraction of sp³-hybridized carbons (Fsp3) is 0.385. The second-order valence-corrected chi connectivity index (χ2v) is 6.28. The normalized spacial score (nSPS) is 15.1. The van der Waals surface area contributed by atoms with E-state index >= 15 is 0 Å². The number of halogens is 1. The first-order chi connectivity index (χ1) is 7.74. The van der Waals surface area contributed by atoms with Gasteiger partial charge in [0.2, 0.25) is 0 Å². The molecule has 0 bridgehead atoms. The summed E-state index contributed by atoms with van der Waals surface area (Å²) < 4.78 is 1.04. The molecule has 0 spiro atoms. The van der Waals surface area contributed by atoms with Crippen LogP contribution in [0.3, 0.4) is 0 Å². The average Bonchev–Trinajstić information content (AvgIpc) is 3.08. The van der Waals surface area contributed by atoms with E-state index in [-0.39, 0.29) is 0 Å². The van der Waals surface area contributed by atoms with Gasteiger partial charge in [-0.3, -0.25) is 0 Å². The number of hydrogen-bond acceptors (Lipinski definition) is 2. The number of thioether (sulfide) groups is 1. The average molecular weight is 298 g/mol. The highest BCUT2D eigenvalue weighted by Crippen LogP contribution is 2.24. The topological polar surface area (TPSA) is 12.0 Å². The van der Waals surface area contributed by atoms with Gasteiger partial charge < -0.3 is 5.32 Å². The predicted molar refractivity (Wildman–Crippen MR) is 75.1 cm³/mol. The molecule has 0 heterocycles. The van der Waals surface area contributed by atoms with E-state index < -0.39 is 0 Å². The number of nitrogens with one attached hydrogen (secondary N) is 1. The Labute approximate surface area is 110 Å². The minimum Gasteiger partial charge on any atom is -0.310 e. The van der Waals surface area contributed by atoms with Gasteiger partial charge in [0, 0.05) is 23.2 Å². The van der Waals surface area contributed by atoms with Gasteiger partial charge >= 0.3 is 0 Å². The number of hydrogen-bond donors (Lipinski definition) is 1. The fourth-order valence-corrected chi connectivity index (χ4v) is 2.53. The summed E-state index contributed by atoms with van der Waals surface area (Å²) >= 11 is 5.20. The number of rotatable bonds is 6. The molecule has 1 fully saturated rings. The van der Waals surface area contributed by atoms with Crippen molar-refractivity contribution in [2.24, 2.45) is 0 Å². The summed E-state index contributed by atoms with van der Waals surface area (Å²) in [4.78, 5) is 1.32. The molecule has 0 amide bonds. The van der Waals surface area contributed by atoms with Crippen LogP contribution in [0.4, 0.5) is 0 Å². The quantitative estimate of drug-likeness (QED) is 0.798. The Hall–Kier alpha value is -0.250. The zero-order chi connectivity index (χ0) is 11.4. The second kappa shape index (κ2) is 5.89. The minimum absolute atomic E-state index is 0.777. The standard InChI is InChI=1S/C13H16BrNS/c1-10(14)9-16-13-4-2-3-11(7-13)8-15-12-5-6-12/h2-4,7,12,15H,1,5-6,8-9H2. The van der Waals surface area contributed by atoms with Gasteiger partial charge in [-0.2, -0.15) is 0 Å². The van der Waals surface area contributed by atoms with E-state index in [4.69, 9.17) is 0 Å². The summed E-state index contributed by atoms with van der Waals surface area (Å²) in [6.45, 7) is 4.84. The Morgan fingerprint density at radius 2 is 2.31 bits per heavy atom. The summed E-state index contributed by atoms with van der Waals surface area (Å²) in [6.07, 6.45) is 2.69. The van der Waals surface area contributed by atoms with E-state index in [0.717, 1.165) is 22.8 Å². The molecule has 0 radical (unpaired) electrons. The Balaban J connectivity index is 1.87. The van der Waals surface area contributed by atoms with Crippen molar-refractivity contribution < 1.29 is 0 Å². The van der Waals surface area contributed by atoms with E-state index in [2.05, 4.69) is 52.1 Å². The van der Waals surface area contributed by atoms with Crippen LogP contribution < -0.4 is 5.32 Å². The first-order valence-electron chi connectivity index (χ1n) is 5.52. The lowest BCUT2D eigenvalue weighted by Gasteiger charge is -2.05.